The van der Waals surface area contributed by atoms with Crippen molar-refractivity contribution in [2.75, 3.05) is 28.2 Å². The molecule has 4 rings (SSSR count). The number of halogens is 1. The smallest absolute Gasteiger partial charge is 0.248 e. The van der Waals surface area contributed by atoms with E-state index in [9.17, 15) is 14.0 Å². The van der Waals surface area contributed by atoms with Crippen LogP contribution in [0.4, 0.5) is 26.6 Å². The molecule has 6 nitrogen and oxygen atoms in total. The lowest BCUT2D eigenvalue weighted by Gasteiger charge is -2.18. The molecule has 8 heteroatoms. The van der Waals surface area contributed by atoms with E-state index in [0.717, 1.165) is 30.9 Å². The SMILES string of the molecule is CCN1CCc2ccc(NC(=O)/C=C/c3csc(N(C(C)=O)c4ccccc4F)n3)cc21. The van der Waals surface area contributed by atoms with Crippen molar-refractivity contribution < 1.29 is 14.0 Å². The fourth-order valence-electron chi connectivity index (χ4n) is 3.69. The van der Waals surface area contributed by atoms with Crippen molar-refractivity contribution in [3.05, 3.63) is 71.0 Å². The minimum absolute atomic E-state index is 0.139. The van der Waals surface area contributed by atoms with E-state index in [4.69, 9.17) is 0 Å². The molecular formula is C24H23FN4O2S. The average Bonchev–Trinajstić information content (AvgIpc) is 3.40. The second-order valence-corrected chi connectivity index (χ2v) is 8.19. The summed E-state index contributed by atoms with van der Waals surface area (Å²) < 4.78 is 14.2. The van der Waals surface area contributed by atoms with E-state index in [0.29, 0.717) is 10.8 Å². The van der Waals surface area contributed by atoms with E-state index in [-0.39, 0.29) is 17.5 Å². The predicted molar refractivity (Wildman–Crippen MR) is 127 cm³/mol. The number of amides is 2. The Morgan fingerprint density at radius 2 is 2.09 bits per heavy atom. The number of nitrogens with one attached hydrogen (secondary N) is 1. The number of carbonyl (C=O) groups excluding carboxylic acids is 2. The van der Waals surface area contributed by atoms with Crippen molar-refractivity contribution in [2.45, 2.75) is 20.3 Å². The summed E-state index contributed by atoms with van der Waals surface area (Å²) in [5.74, 6) is -1.14. The van der Waals surface area contributed by atoms with Crippen LogP contribution in [0.2, 0.25) is 0 Å². The molecule has 0 atom stereocenters. The zero-order valence-electron chi connectivity index (χ0n) is 17.8. The summed E-state index contributed by atoms with van der Waals surface area (Å²) in [6.45, 7) is 5.40. The van der Waals surface area contributed by atoms with Crippen molar-refractivity contribution in [3.63, 3.8) is 0 Å². The molecule has 2 heterocycles. The second-order valence-electron chi connectivity index (χ2n) is 7.36. The lowest BCUT2D eigenvalue weighted by atomic mass is 10.1. The molecular weight excluding hydrogens is 427 g/mol. The number of likely N-dealkylation sites (N-methyl/N-ethyl adjacent to an activating group) is 1. The third kappa shape index (κ3) is 4.55. The topological polar surface area (TPSA) is 65.5 Å². The molecule has 1 aliphatic rings. The average molecular weight is 451 g/mol. The molecule has 1 aromatic heterocycles. The Morgan fingerprint density at radius 1 is 1.28 bits per heavy atom. The number of hydrogen-bond donors (Lipinski definition) is 1. The van der Waals surface area contributed by atoms with Crippen LogP contribution in [0.25, 0.3) is 6.08 Å². The van der Waals surface area contributed by atoms with Gasteiger partial charge in [0.25, 0.3) is 0 Å². The molecule has 0 aliphatic carbocycles. The summed E-state index contributed by atoms with van der Waals surface area (Å²) in [6.07, 6.45) is 3.99. The van der Waals surface area contributed by atoms with E-state index in [1.54, 1.807) is 23.6 Å². The highest BCUT2D eigenvalue weighted by molar-refractivity contribution is 7.14. The number of hydrogen-bond acceptors (Lipinski definition) is 5. The molecule has 32 heavy (non-hydrogen) atoms. The van der Waals surface area contributed by atoms with E-state index >= 15 is 0 Å². The quantitative estimate of drug-likeness (QED) is 0.537. The number of rotatable bonds is 6. The van der Waals surface area contributed by atoms with Crippen molar-refractivity contribution in [2.24, 2.45) is 0 Å². The highest BCUT2D eigenvalue weighted by Crippen LogP contribution is 2.32. The van der Waals surface area contributed by atoms with Gasteiger partial charge in [-0.2, -0.15) is 0 Å². The van der Waals surface area contributed by atoms with Gasteiger partial charge in [-0.05, 0) is 49.2 Å². The Balaban J connectivity index is 1.46. The number of anilines is 4. The zero-order valence-corrected chi connectivity index (χ0v) is 18.7. The van der Waals surface area contributed by atoms with Gasteiger partial charge < -0.3 is 10.2 Å². The van der Waals surface area contributed by atoms with Gasteiger partial charge in [0.15, 0.2) is 5.13 Å². The van der Waals surface area contributed by atoms with Gasteiger partial charge in [-0.3, -0.25) is 14.5 Å². The first-order valence-corrected chi connectivity index (χ1v) is 11.2. The van der Waals surface area contributed by atoms with Crippen LogP contribution >= 0.6 is 11.3 Å². The van der Waals surface area contributed by atoms with Gasteiger partial charge in [0.05, 0.1) is 11.4 Å². The maximum Gasteiger partial charge on any atom is 0.248 e. The summed E-state index contributed by atoms with van der Waals surface area (Å²) in [5.41, 5.74) is 3.84. The lowest BCUT2D eigenvalue weighted by Crippen LogP contribution is -2.23. The minimum Gasteiger partial charge on any atom is -0.371 e. The molecule has 0 saturated heterocycles. The number of para-hydroxylation sites is 1. The molecule has 2 aromatic carbocycles. The minimum atomic E-state index is -0.509. The standard InChI is InChI=1S/C24H23FN4O2S/c1-3-28-13-12-17-8-9-18(14-22(17)28)26-23(31)11-10-19-15-32-24(27-19)29(16(2)30)21-7-5-4-6-20(21)25/h4-11,14-15H,3,12-13H2,1-2H3,(H,26,31)/b11-10+. The fourth-order valence-corrected chi connectivity index (χ4v) is 4.54. The number of fused-ring (bicyclic) bond motifs is 1. The molecule has 0 fully saturated rings. The van der Waals surface area contributed by atoms with Crippen LogP contribution in [0.5, 0.6) is 0 Å². The van der Waals surface area contributed by atoms with Crippen molar-refractivity contribution in [1.29, 1.82) is 0 Å². The van der Waals surface area contributed by atoms with Crippen molar-refractivity contribution in [3.8, 4) is 0 Å². The molecule has 0 unspecified atom stereocenters. The van der Waals surface area contributed by atoms with E-state index in [2.05, 4.69) is 28.2 Å². The second kappa shape index (κ2) is 9.32. The Hall–Kier alpha value is -3.52. The maximum absolute atomic E-state index is 14.2. The monoisotopic (exact) mass is 450 g/mol. The first kappa shape index (κ1) is 21.7. The normalized spacial score (nSPS) is 12.8. The Bertz CT molecular complexity index is 1190. The third-order valence-corrected chi connectivity index (χ3v) is 6.09. The van der Waals surface area contributed by atoms with E-state index < -0.39 is 5.82 Å². The molecule has 3 aromatic rings. The molecule has 164 valence electrons. The van der Waals surface area contributed by atoms with Gasteiger partial charge >= 0.3 is 0 Å². The summed E-state index contributed by atoms with van der Waals surface area (Å²) in [7, 11) is 0. The molecule has 2 amide bonds. The van der Waals surface area contributed by atoms with Crippen LogP contribution in [0.1, 0.15) is 25.1 Å². The summed E-state index contributed by atoms with van der Waals surface area (Å²) in [5, 5.41) is 4.92. The molecule has 0 saturated carbocycles. The van der Waals surface area contributed by atoms with Gasteiger partial charge in [0.2, 0.25) is 11.8 Å². The van der Waals surface area contributed by atoms with Crippen molar-refractivity contribution in [1.82, 2.24) is 4.98 Å². The van der Waals surface area contributed by atoms with Crippen LogP contribution in [0.15, 0.2) is 53.9 Å². The highest BCUT2D eigenvalue weighted by atomic mass is 32.1. The summed E-state index contributed by atoms with van der Waals surface area (Å²) >= 11 is 1.20. The van der Waals surface area contributed by atoms with E-state index in [1.165, 1.54) is 46.9 Å². The number of benzene rings is 2. The molecule has 0 bridgehead atoms. The van der Waals surface area contributed by atoms with Gasteiger partial charge in [-0.15, -0.1) is 11.3 Å². The highest BCUT2D eigenvalue weighted by Gasteiger charge is 2.21. The van der Waals surface area contributed by atoms with E-state index in [1.807, 2.05) is 12.1 Å². The largest absolute Gasteiger partial charge is 0.371 e. The zero-order chi connectivity index (χ0) is 22.7. The number of thiazole rings is 1. The van der Waals surface area contributed by atoms with Crippen LogP contribution in [-0.4, -0.2) is 29.9 Å². The Kier molecular flexibility index (Phi) is 6.32. The summed E-state index contributed by atoms with van der Waals surface area (Å²) in [6, 6.07) is 12.0. The van der Waals surface area contributed by atoms with Crippen LogP contribution in [0.3, 0.4) is 0 Å². The maximum atomic E-state index is 14.2. The fraction of sp³-hybridized carbons (Fsp3) is 0.208. The van der Waals surface area contributed by atoms with Crippen LogP contribution < -0.4 is 15.1 Å². The lowest BCUT2D eigenvalue weighted by molar-refractivity contribution is -0.116. The van der Waals surface area contributed by atoms with Crippen molar-refractivity contribution >= 4 is 51.4 Å². The van der Waals surface area contributed by atoms with Gasteiger partial charge in [-0.25, -0.2) is 9.37 Å². The summed E-state index contributed by atoms with van der Waals surface area (Å²) in [4.78, 5) is 32.4. The van der Waals surface area contributed by atoms with Crippen LogP contribution in [-0.2, 0) is 16.0 Å². The van der Waals surface area contributed by atoms with Gasteiger partial charge in [0, 0.05) is 42.8 Å². The number of aromatic nitrogens is 1. The molecule has 0 radical (unpaired) electrons. The number of nitrogens with zero attached hydrogens (tertiary/aromatic N) is 3. The first-order chi connectivity index (χ1) is 15.5. The molecule has 0 spiro atoms. The first-order valence-electron chi connectivity index (χ1n) is 10.3. The molecule has 1 N–H and O–H groups in total. The number of carbonyl (C=O) groups is 2. The Morgan fingerprint density at radius 3 is 2.84 bits per heavy atom. The predicted octanol–water partition coefficient (Wildman–Crippen LogP) is 5.00. The Labute approximate surface area is 190 Å². The van der Waals surface area contributed by atoms with Gasteiger partial charge in [-0.1, -0.05) is 18.2 Å². The van der Waals surface area contributed by atoms with Gasteiger partial charge in [0.1, 0.15) is 5.82 Å². The third-order valence-electron chi connectivity index (χ3n) is 5.24. The van der Waals surface area contributed by atoms with Crippen LogP contribution in [0, 0.1) is 5.82 Å². The molecule has 1 aliphatic heterocycles.